The largest absolute Gasteiger partial charge is 0.493 e. The van der Waals surface area contributed by atoms with E-state index in [1.54, 1.807) is 36.4 Å². The molecular formula is C23H27N3O4. The number of benzene rings is 1. The molecule has 30 heavy (non-hydrogen) atoms. The van der Waals surface area contributed by atoms with Gasteiger partial charge >= 0.3 is 0 Å². The number of nitrogens with zero attached hydrogens (tertiary/aromatic N) is 2. The monoisotopic (exact) mass is 409 g/mol. The highest BCUT2D eigenvalue weighted by Crippen LogP contribution is 2.37. The molecule has 2 aromatic rings. The molecule has 2 aliphatic rings. The van der Waals surface area contributed by atoms with Crippen LogP contribution < -0.4 is 14.8 Å². The Labute approximate surface area is 176 Å². The molecule has 4 rings (SSSR count). The Morgan fingerprint density at radius 2 is 2.03 bits per heavy atom. The SMILES string of the molecule is COc1ccc(C2CC(=O)N(CC(=O)Nc3ccccn3)C2)cc1OC1CCCC1. The molecular weight excluding hydrogens is 382 g/mol. The molecule has 0 bridgehead atoms. The van der Waals surface area contributed by atoms with Gasteiger partial charge in [0.15, 0.2) is 11.5 Å². The third-order valence-corrected chi connectivity index (χ3v) is 5.74. The van der Waals surface area contributed by atoms with Crippen molar-refractivity contribution < 1.29 is 19.1 Å². The van der Waals surface area contributed by atoms with E-state index in [9.17, 15) is 9.59 Å². The minimum absolute atomic E-state index is 0.0213. The van der Waals surface area contributed by atoms with Crippen LogP contribution in [0.15, 0.2) is 42.6 Å². The lowest BCUT2D eigenvalue weighted by Gasteiger charge is -2.19. The van der Waals surface area contributed by atoms with Crippen molar-refractivity contribution >= 4 is 17.6 Å². The Bertz CT molecular complexity index is 897. The second kappa shape index (κ2) is 9.15. The zero-order valence-corrected chi connectivity index (χ0v) is 17.2. The maximum absolute atomic E-state index is 12.5. The number of nitrogens with one attached hydrogen (secondary N) is 1. The van der Waals surface area contributed by atoms with E-state index in [-0.39, 0.29) is 30.4 Å². The van der Waals surface area contributed by atoms with Gasteiger partial charge in [-0.2, -0.15) is 0 Å². The second-order valence-electron chi connectivity index (χ2n) is 7.87. The highest BCUT2D eigenvalue weighted by atomic mass is 16.5. The number of hydrogen-bond acceptors (Lipinski definition) is 5. The predicted molar refractivity (Wildman–Crippen MR) is 113 cm³/mol. The van der Waals surface area contributed by atoms with Crippen LogP contribution in [-0.4, -0.2) is 48.0 Å². The Morgan fingerprint density at radius 1 is 1.20 bits per heavy atom. The van der Waals surface area contributed by atoms with Gasteiger partial charge in [0.05, 0.1) is 19.8 Å². The van der Waals surface area contributed by atoms with E-state index < -0.39 is 0 Å². The van der Waals surface area contributed by atoms with Crippen LogP contribution in [0.3, 0.4) is 0 Å². The van der Waals surface area contributed by atoms with E-state index in [0.717, 1.165) is 24.2 Å². The zero-order valence-electron chi connectivity index (χ0n) is 17.2. The summed E-state index contributed by atoms with van der Waals surface area (Å²) in [4.78, 5) is 30.5. The molecule has 2 amide bonds. The number of carbonyl (C=O) groups excluding carboxylic acids is 2. The smallest absolute Gasteiger partial charge is 0.245 e. The van der Waals surface area contributed by atoms with Crippen LogP contribution in [0.5, 0.6) is 11.5 Å². The van der Waals surface area contributed by atoms with Crippen LogP contribution in [0.1, 0.15) is 43.6 Å². The van der Waals surface area contributed by atoms with Crippen molar-refractivity contribution in [2.24, 2.45) is 0 Å². The number of amides is 2. The molecule has 1 aromatic carbocycles. The molecule has 7 nitrogen and oxygen atoms in total. The van der Waals surface area contributed by atoms with E-state index in [0.29, 0.717) is 24.5 Å². The van der Waals surface area contributed by atoms with Crippen LogP contribution in [0.25, 0.3) is 0 Å². The molecule has 1 aliphatic heterocycles. The maximum atomic E-state index is 12.5. The number of anilines is 1. The first-order valence-corrected chi connectivity index (χ1v) is 10.5. The minimum atomic E-state index is -0.248. The number of methoxy groups -OCH3 is 1. The normalized spacial score (nSPS) is 19.2. The summed E-state index contributed by atoms with van der Waals surface area (Å²) in [5.74, 6) is 1.68. The Hall–Kier alpha value is -3.09. The Balaban J connectivity index is 1.41. The van der Waals surface area contributed by atoms with Crippen LogP contribution >= 0.6 is 0 Å². The topological polar surface area (TPSA) is 80.8 Å². The van der Waals surface area contributed by atoms with Crippen LogP contribution in [-0.2, 0) is 9.59 Å². The summed E-state index contributed by atoms with van der Waals surface area (Å²) in [6, 6.07) is 11.2. The van der Waals surface area contributed by atoms with Crippen molar-refractivity contribution in [3.05, 3.63) is 48.2 Å². The summed E-state index contributed by atoms with van der Waals surface area (Å²) in [5, 5.41) is 2.73. The third-order valence-electron chi connectivity index (χ3n) is 5.74. The molecule has 2 fully saturated rings. The highest BCUT2D eigenvalue weighted by Gasteiger charge is 2.32. The molecule has 1 aromatic heterocycles. The van der Waals surface area contributed by atoms with E-state index in [1.807, 2.05) is 18.2 Å². The predicted octanol–water partition coefficient (Wildman–Crippen LogP) is 3.37. The van der Waals surface area contributed by atoms with Crippen molar-refractivity contribution in [1.82, 2.24) is 9.88 Å². The fourth-order valence-electron chi connectivity index (χ4n) is 4.17. The average molecular weight is 409 g/mol. The summed E-state index contributed by atoms with van der Waals surface area (Å²) >= 11 is 0. The van der Waals surface area contributed by atoms with Crippen LogP contribution in [0.2, 0.25) is 0 Å². The fraction of sp³-hybridized carbons (Fsp3) is 0.435. The summed E-state index contributed by atoms with van der Waals surface area (Å²) in [7, 11) is 1.64. The Morgan fingerprint density at radius 3 is 2.77 bits per heavy atom. The highest BCUT2D eigenvalue weighted by molar-refractivity contribution is 5.94. The molecule has 7 heteroatoms. The molecule has 0 radical (unpaired) electrons. The second-order valence-corrected chi connectivity index (χ2v) is 7.87. The number of likely N-dealkylation sites (tertiary alicyclic amines) is 1. The lowest BCUT2D eigenvalue weighted by Crippen LogP contribution is -2.34. The zero-order chi connectivity index (χ0) is 20.9. The van der Waals surface area contributed by atoms with Gasteiger partial charge in [0.25, 0.3) is 0 Å². The third kappa shape index (κ3) is 4.72. The molecule has 1 saturated heterocycles. The first kappa shape index (κ1) is 20.2. The average Bonchev–Trinajstić information content (AvgIpc) is 3.39. The number of rotatable bonds is 7. The Kier molecular flexibility index (Phi) is 6.16. The molecule has 1 aliphatic carbocycles. The molecule has 1 saturated carbocycles. The van der Waals surface area contributed by atoms with Gasteiger partial charge in [-0.15, -0.1) is 0 Å². The summed E-state index contributed by atoms with van der Waals surface area (Å²) in [6.45, 7) is 0.525. The molecule has 1 unspecified atom stereocenters. The van der Waals surface area contributed by atoms with Crippen LogP contribution in [0, 0.1) is 0 Å². The van der Waals surface area contributed by atoms with Gasteiger partial charge in [0.1, 0.15) is 5.82 Å². The lowest BCUT2D eigenvalue weighted by molar-refractivity contribution is -0.131. The van der Waals surface area contributed by atoms with Gasteiger partial charge in [0, 0.05) is 25.1 Å². The number of pyridine rings is 1. The number of aromatic nitrogens is 1. The maximum Gasteiger partial charge on any atom is 0.245 e. The van der Waals surface area contributed by atoms with Crippen molar-refractivity contribution in [3.8, 4) is 11.5 Å². The molecule has 0 spiro atoms. The summed E-state index contributed by atoms with van der Waals surface area (Å²) in [6.07, 6.45) is 6.74. The van der Waals surface area contributed by atoms with Gasteiger partial charge in [-0.25, -0.2) is 4.98 Å². The van der Waals surface area contributed by atoms with E-state index in [1.165, 1.54) is 12.8 Å². The minimum Gasteiger partial charge on any atom is -0.493 e. The first-order valence-electron chi connectivity index (χ1n) is 10.5. The lowest BCUT2D eigenvalue weighted by atomic mass is 9.98. The summed E-state index contributed by atoms with van der Waals surface area (Å²) < 4.78 is 11.7. The summed E-state index contributed by atoms with van der Waals surface area (Å²) in [5.41, 5.74) is 1.03. The van der Waals surface area contributed by atoms with E-state index in [2.05, 4.69) is 10.3 Å². The molecule has 158 valence electrons. The van der Waals surface area contributed by atoms with Gasteiger partial charge in [-0.1, -0.05) is 12.1 Å². The number of hydrogen-bond donors (Lipinski definition) is 1. The molecule has 2 heterocycles. The standard InChI is InChI=1S/C23H27N3O4/c1-29-19-10-9-16(12-20(19)30-18-6-2-3-7-18)17-13-23(28)26(14-17)15-22(27)25-21-8-4-5-11-24-21/h4-5,8-12,17-18H,2-3,6-7,13-15H2,1H3,(H,24,25,27). The quantitative estimate of drug-likeness (QED) is 0.758. The van der Waals surface area contributed by atoms with Crippen molar-refractivity contribution in [2.75, 3.05) is 25.5 Å². The van der Waals surface area contributed by atoms with Crippen molar-refractivity contribution in [2.45, 2.75) is 44.1 Å². The molecule has 1 N–H and O–H groups in total. The van der Waals surface area contributed by atoms with Crippen molar-refractivity contribution in [1.29, 1.82) is 0 Å². The van der Waals surface area contributed by atoms with Gasteiger partial charge < -0.3 is 19.7 Å². The van der Waals surface area contributed by atoms with E-state index >= 15 is 0 Å². The first-order chi connectivity index (χ1) is 14.6. The number of ether oxygens (including phenoxy) is 2. The fourth-order valence-corrected chi connectivity index (χ4v) is 4.17. The number of carbonyl (C=O) groups is 2. The van der Waals surface area contributed by atoms with E-state index in [4.69, 9.17) is 9.47 Å². The van der Waals surface area contributed by atoms with Gasteiger partial charge in [0.2, 0.25) is 11.8 Å². The van der Waals surface area contributed by atoms with Gasteiger partial charge in [-0.3, -0.25) is 9.59 Å². The molecule has 1 atom stereocenters. The van der Waals surface area contributed by atoms with Gasteiger partial charge in [-0.05, 0) is 55.5 Å². The van der Waals surface area contributed by atoms with Crippen LogP contribution in [0.4, 0.5) is 5.82 Å². The van der Waals surface area contributed by atoms with Crippen molar-refractivity contribution in [3.63, 3.8) is 0 Å².